The Balaban J connectivity index is 2.91. The van der Waals surface area contributed by atoms with Crippen LogP contribution in [0.15, 0.2) is 18.2 Å². The maximum Gasteiger partial charge on any atom is 0.145 e. The van der Waals surface area contributed by atoms with Gasteiger partial charge in [-0.1, -0.05) is 12.1 Å². The van der Waals surface area contributed by atoms with Gasteiger partial charge in [-0.05, 0) is 25.5 Å². The van der Waals surface area contributed by atoms with Gasteiger partial charge in [-0.3, -0.25) is 0 Å². The molecular formula is C12H14N2O. The first-order valence-electron chi connectivity index (χ1n) is 4.84. The first kappa shape index (κ1) is 9.77. The summed E-state index contributed by atoms with van der Waals surface area (Å²) < 4.78 is 5.26. The average molecular weight is 202 g/mol. The Kier molecular flexibility index (Phi) is 2.23. The van der Waals surface area contributed by atoms with Gasteiger partial charge in [0.2, 0.25) is 0 Å². The van der Waals surface area contributed by atoms with Gasteiger partial charge in [0.15, 0.2) is 0 Å². The summed E-state index contributed by atoms with van der Waals surface area (Å²) in [6.45, 7) is 3.94. The van der Waals surface area contributed by atoms with E-state index >= 15 is 0 Å². The van der Waals surface area contributed by atoms with Crippen LogP contribution < -0.4 is 10.5 Å². The number of nitrogen functional groups attached to an aromatic ring is 1. The predicted molar refractivity (Wildman–Crippen MR) is 62.2 cm³/mol. The largest absolute Gasteiger partial charge is 0.494 e. The second-order valence-corrected chi connectivity index (χ2v) is 3.59. The molecule has 2 N–H and O–H groups in total. The van der Waals surface area contributed by atoms with E-state index in [9.17, 15) is 0 Å². The Morgan fingerprint density at radius 1 is 1.27 bits per heavy atom. The number of nitrogens with zero attached hydrogens (tertiary/aromatic N) is 1. The van der Waals surface area contributed by atoms with E-state index in [1.165, 1.54) is 0 Å². The molecule has 2 rings (SSSR count). The van der Waals surface area contributed by atoms with Crippen molar-refractivity contribution < 1.29 is 4.74 Å². The molecule has 0 atom stereocenters. The van der Waals surface area contributed by atoms with Crippen molar-refractivity contribution in [3.63, 3.8) is 0 Å². The highest BCUT2D eigenvalue weighted by Gasteiger charge is 2.09. The third kappa shape index (κ3) is 1.40. The number of aryl methyl sites for hydroxylation is 1. The lowest BCUT2D eigenvalue weighted by atomic mass is 10.1. The van der Waals surface area contributed by atoms with Crippen molar-refractivity contribution in [3.8, 4) is 5.75 Å². The van der Waals surface area contributed by atoms with E-state index in [1.54, 1.807) is 7.11 Å². The molecule has 0 aliphatic rings. The smallest absolute Gasteiger partial charge is 0.145 e. The number of methoxy groups -OCH3 is 1. The van der Waals surface area contributed by atoms with Crippen LogP contribution in [0.1, 0.15) is 11.3 Å². The zero-order chi connectivity index (χ0) is 11.0. The zero-order valence-corrected chi connectivity index (χ0v) is 9.16. The number of rotatable bonds is 1. The maximum atomic E-state index is 6.05. The Morgan fingerprint density at radius 3 is 2.67 bits per heavy atom. The highest BCUT2D eigenvalue weighted by atomic mass is 16.5. The molecule has 0 aliphatic carbocycles. The number of anilines is 1. The van der Waals surface area contributed by atoms with Crippen molar-refractivity contribution in [1.29, 1.82) is 0 Å². The molecule has 1 aromatic heterocycles. The van der Waals surface area contributed by atoms with Gasteiger partial charge in [0.05, 0.1) is 7.11 Å². The Labute approximate surface area is 88.9 Å². The molecular weight excluding hydrogens is 188 g/mol. The van der Waals surface area contributed by atoms with Crippen LogP contribution in [0.4, 0.5) is 5.69 Å². The summed E-state index contributed by atoms with van der Waals surface area (Å²) in [5, 5.41) is 0.956. The molecule has 15 heavy (non-hydrogen) atoms. The van der Waals surface area contributed by atoms with Crippen LogP contribution >= 0.6 is 0 Å². The van der Waals surface area contributed by atoms with E-state index in [0.29, 0.717) is 0 Å². The van der Waals surface area contributed by atoms with Crippen LogP contribution in [0, 0.1) is 13.8 Å². The van der Waals surface area contributed by atoms with Gasteiger partial charge in [-0.25, -0.2) is 4.98 Å². The molecule has 0 saturated heterocycles. The van der Waals surface area contributed by atoms with Crippen LogP contribution in [-0.4, -0.2) is 12.1 Å². The quantitative estimate of drug-likeness (QED) is 0.772. The number of hydrogen-bond acceptors (Lipinski definition) is 3. The molecule has 2 aromatic rings. The third-order valence-electron chi connectivity index (χ3n) is 2.74. The lowest BCUT2D eigenvalue weighted by molar-refractivity contribution is 0.419. The molecule has 0 saturated carbocycles. The standard InChI is InChI=1S/C12H14N2O/c1-7-8(2)14-12-9(11(7)13)5-4-6-10(12)15-3/h4-6H,1-3H3,(H2,13,14). The number of ether oxygens (including phenoxy) is 1. The van der Waals surface area contributed by atoms with Gasteiger partial charge in [-0.15, -0.1) is 0 Å². The Bertz CT molecular complexity index is 521. The first-order valence-corrected chi connectivity index (χ1v) is 4.84. The van der Waals surface area contributed by atoms with Crippen LogP contribution in [0.5, 0.6) is 5.75 Å². The lowest BCUT2D eigenvalue weighted by Gasteiger charge is -2.10. The summed E-state index contributed by atoms with van der Waals surface area (Å²) in [5.41, 5.74) is 9.66. The van der Waals surface area contributed by atoms with Gasteiger partial charge in [0, 0.05) is 16.8 Å². The van der Waals surface area contributed by atoms with Gasteiger partial charge in [-0.2, -0.15) is 0 Å². The van der Waals surface area contributed by atoms with E-state index in [-0.39, 0.29) is 0 Å². The number of pyridine rings is 1. The molecule has 0 aliphatic heterocycles. The average Bonchev–Trinajstić information content (AvgIpc) is 2.25. The van der Waals surface area contributed by atoms with Crippen LogP contribution in [0.3, 0.4) is 0 Å². The molecule has 0 spiro atoms. The number of benzene rings is 1. The van der Waals surface area contributed by atoms with E-state index < -0.39 is 0 Å². The van der Waals surface area contributed by atoms with Crippen molar-refractivity contribution in [2.75, 3.05) is 12.8 Å². The number of para-hydroxylation sites is 1. The SMILES string of the molecule is COc1cccc2c(N)c(C)c(C)nc12. The molecule has 0 amide bonds. The van der Waals surface area contributed by atoms with E-state index in [2.05, 4.69) is 4.98 Å². The minimum absolute atomic E-state index is 0.766. The highest BCUT2D eigenvalue weighted by Crippen LogP contribution is 2.30. The summed E-state index contributed by atoms with van der Waals surface area (Å²) in [7, 11) is 1.64. The summed E-state index contributed by atoms with van der Waals surface area (Å²) in [5.74, 6) is 0.766. The van der Waals surface area contributed by atoms with Gasteiger partial charge < -0.3 is 10.5 Å². The molecule has 0 radical (unpaired) electrons. The van der Waals surface area contributed by atoms with E-state index in [0.717, 1.165) is 33.6 Å². The molecule has 3 nitrogen and oxygen atoms in total. The number of hydrogen-bond donors (Lipinski definition) is 1. The second-order valence-electron chi connectivity index (χ2n) is 3.59. The molecule has 1 heterocycles. The third-order valence-corrected chi connectivity index (χ3v) is 2.74. The Hall–Kier alpha value is -1.77. The number of aromatic nitrogens is 1. The van der Waals surface area contributed by atoms with Crippen LogP contribution in [0.2, 0.25) is 0 Å². The predicted octanol–water partition coefficient (Wildman–Crippen LogP) is 2.44. The van der Waals surface area contributed by atoms with Crippen molar-refractivity contribution in [3.05, 3.63) is 29.5 Å². The van der Waals surface area contributed by atoms with E-state index in [1.807, 2.05) is 32.0 Å². The van der Waals surface area contributed by atoms with Crippen molar-refractivity contribution >= 4 is 16.6 Å². The molecule has 3 heteroatoms. The van der Waals surface area contributed by atoms with Gasteiger partial charge in [0.1, 0.15) is 11.3 Å². The first-order chi connectivity index (χ1) is 7.15. The van der Waals surface area contributed by atoms with Gasteiger partial charge >= 0.3 is 0 Å². The summed E-state index contributed by atoms with van der Waals surface area (Å²) in [4.78, 5) is 4.50. The zero-order valence-electron chi connectivity index (χ0n) is 9.16. The van der Waals surface area contributed by atoms with Crippen molar-refractivity contribution in [2.24, 2.45) is 0 Å². The summed E-state index contributed by atoms with van der Waals surface area (Å²) in [6.07, 6.45) is 0. The second kappa shape index (κ2) is 3.42. The van der Waals surface area contributed by atoms with Crippen LogP contribution in [0.25, 0.3) is 10.9 Å². The maximum absolute atomic E-state index is 6.05. The lowest BCUT2D eigenvalue weighted by Crippen LogP contribution is -1.98. The molecule has 78 valence electrons. The molecule has 1 aromatic carbocycles. The monoisotopic (exact) mass is 202 g/mol. The highest BCUT2D eigenvalue weighted by molar-refractivity contribution is 5.95. The summed E-state index contributed by atoms with van der Waals surface area (Å²) >= 11 is 0. The van der Waals surface area contributed by atoms with E-state index in [4.69, 9.17) is 10.5 Å². The summed E-state index contributed by atoms with van der Waals surface area (Å²) in [6, 6.07) is 5.78. The molecule has 0 unspecified atom stereocenters. The van der Waals surface area contributed by atoms with Crippen molar-refractivity contribution in [1.82, 2.24) is 4.98 Å². The minimum atomic E-state index is 0.766. The number of nitrogens with two attached hydrogens (primary N) is 1. The fourth-order valence-corrected chi connectivity index (χ4v) is 1.67. The fourth-order valence-electron chi connectivity index (χ4n) is 1.67. The van der Waals surface area contributed by atoms with Crippen LogP contribution in [-0.2, 0) is 0 Å². The minimum Gasteiger partial charge on any atom is -0.494 e. The number of fused-ring (bicyclic) bond motifs is 1. The topological polar surface area (TPSA) is 48.1 Å². The van der Waals surface area contributed by atoms with Gasteiger partial charge in [0.25, 0.3) is 0 Å². The fraction of sp³-hybridized carbons (Fsp3) is 0.250. The van der Waals surface area contributed by atoms with Crippen molar-refractivity contribution in [2.45, 2.75) is 13.8 Å². The molecule has 0 fully saturated rings. The Morgan fingerprint density at radius 2 is 2.00 bits per heavy atom. The molecule has 0 bridgehead atoms. The normalized spacial score (nSPS) is 10.6.